The van der Waals surface area contributed by atoms with Crippen LogP contribution in [0.1, 0.15) is 6.42 Å². The summed E-state index contributed by atoms with van der Waals surface area (Å²) in [6.07, 6.45) is -1.54. The van der Waals surface area contributed by atoms with Crippen LogP contribution in [-0.4, -0.2) is 30.0 Å². The van der Waals surface area contributed by atoms with Crippen molar-refractivity contribution in [2.75, 3.05) is 5.88 Å². The maximum absolute atomic E-state index is 12.3. The van der Waals surface area contributed by atoms with Gasteiger partial charge in [-0.05, 0) is 0 Å². The third-order valence-corrected chi connectivity index (χ3v) is 2.29. The summed E-state index contributed by atoms with van der Waals surface area (Å²) in [7, 11) is -6.12. The minimum Gasteiger partial charge on any atom is -0.281 e. The zero-order valence-electron chi connectivity index (χ0n) is 5.98. The molecule has 0 aliphatic rings. The number of rotatable bonds is 4. The highest BCUT2D eigenvalue weighted by atomic mass is 35.5. The van der Waals surface area contributed by atoms with Crippen molar-refractivity contribution < 1.29 is 30.5 Å². The largest absolute Gasteiger partial charge is 0.431 e. The van der Waals surface area contributed by atoms with Gasteiger partial charge in [-0.2, -0.15) is 26.0 Å². The predicted octanol–water partition coefficient (Wildman–Crippen LogP) is 1.73. The molecule has 0 aromatic heterocycles. The van der Waals surface area contributed by atoms with Crippen LogP contribution < -0.4 is 0 Å². The quantitative estimate of drug-likeness (QED) is 0.466. The van der Waals surface area contributed by atoms with Gasteiger partial charge in [-0.1, -0.05) is 0 Å². The molecule has 0 saturated carbocycles. The monoisotopic (exact) mass is 244 g/mol. The van der Waals surface area contributed by atoms with Gasteiger partial charge in [0, 0.05) is 12.3 Å². The highest BCUT2D eigenvalue weighted by Crippen LogP contribution is 2.40. The first kappa shape index (κ1) is 12.9. The molecule has 0 aromatic rings. The third-order valence-electron chi connectivity index (χ3n) is 1.16. The van der Waals surface area contributed by atoms with Crippen molar-refractivity contribution in [1.29, 1.82) is 0 Å². The molecule has 0 radical (unpaired) electrons. The number of hydrogen-bond donors (Lipinski definition) is 1. The molecule has 0 bridgehead atoms. The van der Waals surface area contributed by atoms with E-state index < -0.39 is 33.6 Å². The Morgan fingerprint density at radius 1 is 1.23 bits per heavy atom. The van der Waals surface area contributed by atoms with Gasteiger partial charge < -0.3 is 0 Å². The lowest BCUT2D eigenvalue weighted by Crippen LogP contribution is -2.46. The fourth-order valence-corrected chi connectivity index (χ4v) is 1.17. The van der Waals surface area contributed by atoms with E-state index in [0.29, 0.717) is 0 Å². The van der Waals surface area contributed by atoms with Gasteiger partial charge in [-0.25, -0.2) is 0 Å². The molecular weight excluding hydrogens is 240 g/mol. The Labute approximate surface area is 76.4 Å². The van der Waals surface area contributed by atoms with Crippen LogP contribution in [0.3, 0.4) is 0 Å². The van der Waals surface area contributed by atoms with Crippen molar-refractivity contribution in [1.82, 2.24) is 0 Å². The van der Waals surface area contributed by atoms with Crippen LogP contribution in [0.4, 0.5) is 17.6 Å². The van der Waals surface area contributed by atoms with Crippen LogP contribution in [0, 0.1) is 0 Å². The summed E-state index contributed by atoms with van der Waals surface area (Å²) in [5.74, 6) is -5.72. The molecule has 13 heavy (non-hydrogen) atoms. The maximum Gasteiger partial charge on any atom is 0.431 e. The summed E-state index contributed by atoms with van der Waals surface area (Å²) in [6, 6.07) is 0. The van der Waals surface area contributed by atoms with Gasteiger partial charge in [0.25, 0.3) is 0 Å². The van der Waals surface area contributed by atoms with Gasteiger partial charge in [-0.15, -0.1) is 11.6 Å². The first-order chi connectivity index (χ1) is 5.56. The minimum atomic E-state index is -6.12. The molecule has 0 fully saturated rings. The van der Waals surface area contributed by atoms with E-state index in [1.807, 2.05) is 0 Å². The first-order valence-electron chi connectivity index (χ1n) is 2.85. The maximum atomic E-state index is 12.3. The summed E-state index contributed by atoms with van der Waals surface area (Å²) in [5, 5.41) is -5.51. The minimum absolute atomic E-state index is 0.849. The number of hydrogen-bond acceptors (Lipinski definition) is 2. The Hall–Kier alpha value is -0.0800. The van der Waals surface area contributed by atoms with Gasteiger partial charge in [0.1, 0.15) is 0 Å². The molecule has 0 spiro atoms. The normalized spacial score (nSPS) is 14.6. The van der Waals surface area contributed by atoms with Crippen LogP contribution in [0.25, 0.3) is 0 Å². The van der Waals surface area contributed by atoms with Crippen molar-refractivity contribution in [2.45, 2.75) is 17.6 Å². The van der Waals surface area contributed by atoms with E-state index in [-0.39, 0.29) is 0 Å². The summed E-state index contributed by atoms with van der Waals surface area (Å²) >= 11 is 4.75. The van der Waals surface area contributed by atoms with Crippen LogP contribution in [-0.2, 0) is 10.1 Å². The second-order valence-corrected chi connectivity index (χ2v) is 3.98. The van der Waals surface area contributed by atoms with E-state index in [1.165, 1.54) is 0 Å². The van der Waals surface area contributed by atoms with Crippen molar-refractivity contribution in [3.63, 3.8) is 0 Å². The Morgan fingerprint density at radius 2 is 1.62 bits per heavy atom. The Bertz CT molecular complexity index is 275. The second kappa shape index (κ2) is 3.58. The van der Waals surface area contributed by atoms with E-state index in [2.05, 4.69) is 0 Å². The molecule has 3 nitrogen and oxygen atoms in total. The van der Waals surface area contributed by atoms with E-state index in [1.54, 1.807) is 0 Å². The lowest BCUT2D eigenvalue weighted by Gasteiger charge is -2.22. The van der Waals surface area contributed by atoms with Gasteiger partial charge in [0.2, 0.25) is 0 Å². The lowest BCUT2D eigenvalue weighted by molar-refractivity contribution is -0.160. The SMILES string of the molecule is O=S(=O)(O)C(F)(F)C(F)(F)CCCl. The molecule has 0 aliphatic carbocycles. The van der Waals surface area contributed by atoms with E-state index in [4.69, 9.17) is 16.2 Å². The molecule has 0 aromatic carbocycles. The van der Waals surface area contributed by atoms with Gasteiger partial charge >= 0.3 is 21.3 Å². The average molecular weight is 245 g/mol. The molecule has 0 rings (SSSR count). The highest BCUT2D eigenvalue weighted by molar-refractivity contribution is 7.87. The predicted molar refractivity (Wildman–Crippen MR) is 36.8 cm³/mol. The van der Waals surface area contributed by atoms with Crippen molar-refractivity contribution in [3.05, 3.63) is 0 Å². The van der Waals surface area contributed by atoms with Gasteiger partial charge in [0.15, 0.2) is 0 Å². The van der Waals surface area contributed by atoms with E-state index >= 15 is 0 Å². The van der Waals surface area contributed by atoms with Crippen molar-refractivity contribution >= 4 is 21.7 Å². The molecule has 0 heterocycles. The van der Waals surface area contributed by atoms with E-state index in [9.17, 15) is 26.0 Å². The molecular formula is C4H5ClF4O3S. The summed E-state index contributed by atoms with van der Waals surface area (Å²) in [4.78, 5) is 0. The highest BCUT2D eigenvalue weighted by Gasteiger charge is 2.64. The van der Waals surface area contributed by atoms with Crippen molar-refractivity contribution in [2.24, 2.45) is 0 Å². The Kier molecular flexibility index (Phi) is 3.56. The molecule has 0 atom stereocenters. The Balaban J connectivity index is 5.04. The van der Waals surface area contributed by atoms with Crippen LogP contribution in [0.2, 0.25) is 0 Å². The third kappa shape index (κ3) is 2.44. The number of halogens is 5. The van der Waals surface area contributed by atoms with Crippen LogP contribution in [0.5, 0.6) is 0 Å². The molecule has 0 amide bonds. The summed E-state index contributed by atoms with van der Waals surface area (Å²) < 4.78 is 76.7. The van der Waals surface area contributed by atoms with Crippen molar-refractivity contribution in [3.8, 4) is 0 Å². The zero-order valence-corrected chi connectivity index (χ0v) is 7.55. The molecule has 0 unspecified atom stereocenters. The molecule has 80 valence electrons. The fraction of sp³-hybridized carbons (Fsp3) is 1.00. The van der Waals surface area contributed by atoms with Gasteiger partial charge in [-0.3, -0.25) is 4.55 Å². The average Bonchev–Trinajstić information content (AvgIpc) is 1.84. The first-order valence-corrected chi connectivity index (χ1v) is 4.82. The van der Waals surface area contributed by atoms with Crippen LogP contribution >= 0.6 is 11.6 Å². The lowest BCUT2D eigenvalue weighted by atomic mass is 10.3. The molecule has 9 heteroatoms. The topological polar surface area (TPSA) is 54.4 Å². The smallest absolute Gasteiger partial charge is 0.281 e. The Morgan fingerprint density at radius 3 is 1.85 bits per heavy atom. The second-order valence-electron chi connectivity index (χ2n) is 2.14. The molecule has 0 saturated heterocycles. The molecule has 1 N–H and O–H groups in total. The fourth-order valence-electron chi connectivity index (χ4n) is 0.453. The molecule has 0 aliphatic heterocycles. The standard InChI is InChI=1S/C4H5ClF4O3S/c5-2-1-3(6,7)4(8,9)13(10,11)12/h1-2H2,(H,10,11,12). The summed E-state index contributed by atoms with van der Waals surface area (Å²) in [5.41, 5.74) is 0. The zero-order chi connectivity index (χ0) is 10.9. The van der Waals surface area contributed by atoms with Gasteiger partial charge in [0.05, 0.1) is 0 Å². The summed E-state index contributed by atoms with van der Waals surface area (Å²) in [6.45, 7) is 0. The number of alkyl halides is 5. The van der Waals surface area contributed by atoms with Crippen LogP contribution in [0.15, 0.2) is 0 Å². The van der Waals surface area contributed by atoms with E-state index in [0.717, 1.165) is 0 Å².